The van der Waals surface area contributed by atoms with Crippen molar-refractivity contribution >= 4 is 19.7 Å². The lowest BCUT2D eigenvalue weighted by Crippen LogP contribution is -2.02. The zero-order chi connectivity index (χ0) is 15.2. The van der Waals surface area contributed by atoms with Crippen molar-refractivity contribution in [2.45, 2.75) is 57.8 Å². The SMILES string of the molecule is CCCCCCCOc1c(C)cc(S(=O)(=O)Cl)cc1C. The maximum Gasteiger partial charge on any atom is 0.261 e. The maximum atomic E-state index is 11.3. The fraction of sp³-hybridized carbons (Fsp3) is 0.600. The van der Waals surface area contributed by atoms with Crippen molar-refractivity contribution in [3.8, 4) is 5.75 Å². The Morgan fingerprint density at radius 3 is 2.10 bits per heavy atom. The summed E-state index contributed by atoms with van der Waals surface area (Å²) in [4.78, 5) is 0.129. The summed E-state index contributed by atoms with van der Waals surface area (Å²) < 4.78 is 28.4. The predicted octanol–water partition coefficient (Wildman–Crippen LogP) is 4.58. The van der Waals surface area contributed by atoms with Crippen LogP contribution in [0.5, 0.6) is 5.75 Å². The van der Waals surface area contributed by atoms with Gasteiger partial charge in [-0.25, -0.2) is 8.42 Å². The standard InChI is InChI=1S/C15H23ClO3S/c1-4-5-6-7-8-9-19-15-12(2)10-14(11-13(15)3)20(16,17)18/h10-11H,4-9H2,1-3H3. The van der Waals surface area contributed by atoms with Gasteiger partial charge in [0.25, 0.3) is 9.05 Å². The third-order valence-electron chi connectivity index (χ3n) is 3.21. The molecule has 0 aliphatic heterocycles. The highest BCUT2D eigenvalue weighted by molar-refractivity contribution is 8.13. The molecular weight excluding hydrogens is 296 g/mol. The molecule has 0 aliphatic carbocycles. The molecule has 0 spiro atoms. The van der Waals surface area contributed by atoms with Crippen molar-refractivity contribution in [2.24, 2.45) is 0 Å². The number of halogens is 1. The van der Waals surface area contributed by atoms with Crippen LogP contribution in [0.2, 0.25) is 0 Å². The van der Waals surface area contributed by atoms with Crippen molar-refractivity contribution in [2.75, 3.05) is 6.61 Å². The van der Waals surface area contributed by atoms with Gasteiger partial charge in [-0.1, -0.05) is 32.6 Å². The Morgan fingerprint density at radius 1 is 1.05 bits per heavy atom. The monoisotopic (exact) mass is 318 g/mol. The molecule has 1 aromatic carbocycles. The molecule has 1 aromatic rings. The largest absolute Gasteiger partial charge is 0.493 e. The smallest absolute Gasteiger partial charge is 0.261 e. The molecule has 0 aliphatic rings. The minimum absolute atomic E-state index is 0.129. The summed E-state index contributed by atoms with van der Waals surface area (Å²) in [6.45, 7) is 6.53. The first-order chi connectivity index (χ1) is 9.36. The average Bonchev–Trinajstić information content (AvgIpc) is 2.34. The van der Waals surface area contributed by atoms with Crippen LogP contribution in [0.1, 0.15) is 50.2 Å². The van der Waals surface area contributed by atoms with Gasteiger partial charge in [0.1, 0.15) is 5.75 Å². The normalized spacial score (nSPS) is 11.6. The lowest BCUT2D eigenvalue weighted by atomic mass is 10.1. The Bertz CT molecular complexity index is 515. The quantitative estimate of drug-likeness (QED) is 0.520. The van der Waals surface area contributed by atoms with Crippen molar-refractivity contribution in [3.05, 3.63) is 23.3 Å². The first-order valence-corrected chi connectivity index (χ1v) is 9.36. The van der Waals surface area contributed by atoms with Gasteiger partial charge in [-0.15, -0.1) is 0 Å². The van der Waals surface area contributed by atoms with E-state index in [0.29, 0.717) is 6.61 Å². The molecule has 114 valence electrons. The van der Waals surface area contributed by atoms with Gasteiger partial charge >= 0.3 is 0 Å². The fourth-order valence-corrected chi connectivity index (χ4v) is 3.06. The van der Waals surface area contributed by atoms with Crippen molar-refractivity contribution in [1.82, 2.24) is 0 Å². The van der Waals surface area contributed by atoms with E-state index >= 15 is 0 Å². The summed E-state index contributed by atoms with van der Waals surface area (Å²) in [5, 5.41) is 0. The van der Waals surface area contributed by atoms with E-state index < -0.39 is 9.05 Å². The topological polar surface area (TPSA) is 43.4 Å². The van der Waals surface area contributed by atoms with Crippen molar-refractivity contribution in [1.29, 1.82) is 0 Å². The number of hydrogen-bond acceptors (Lipinski definition) is 3. The molecular formula is C15H23ClO3S. The molecule has 0 atom stereocenters. The molecule has 5 heteroatoms. The zero-order valence-corrected chi connectivity index (χ0v) is 14.0. The average molecular weight is 319 g/mol. The second kappa shape index (κ2) is 7.89. The van der Waals surface area contributed by atoms with Gasteiger partial charge in [-0.3, -0.25) is 0 Å². The Kier molecular flexibility index (Phi) is 6.83. The molecule has 0 heterocycles. The fourth-order valence-electron chi connectivity index (χ4n) is 2.16. The first-order valence-electron chi connectivity index (χ1n) is 7.05. The van der Waals surface area contributed by atoms with Gasteiger partial charge < -0.3 is 4.74 Å². The molecule has 0 fully saturated rings. The van der Waals surface area contributed by atoms with E-state index in [1.807, 2.05) is 13.8 Å². The minimum Gasteiger partial charge on any atom is -0.493 e. The summed E-state index contributed by atoms with van der Waals surface area (Å²) in [5.41, 5.74) is 1.61. The summed E-state index contributed by atoms with van der Waals surface area (Å²) in [5.74, 6) is 0.768. The predicted molar refractivity (Wildman–Crippen MR) is 83.2 cm³/mol. The second-order valence-electron chi connectivity index (χ2n) is 5.09. The van der Waals surface area contributed by atoms with Gasteiger partial charge in [0.2, 0.25) is 0 Å². The van der Waals surface area contributed by atoms with E-state index in [2.05, 4.69) is 6.92 Å². The zero-order valence-electron chi connectivity index (χ0n) is 12.4. The number of unbranched alkanes of at least 4 members (excludes halogenated alkanes) is 4. The van der Waals surface area contributed by atoms with Crippen LogP contribution in [-0.2, 0) is 9.05 Å². The number of benzene rings is 1. The minimum atomic E-state index is -3.68. The van der Waals surface area contributed by atoms with Crippen LogP contribution in [-0.4, -0.2) is 15.0 Å². The molecule has 0 unspecified atom stereocenters. The van der Waals surface area contributed by atoms with Crippen LogP contribution in [0.15, 0.2) is 17.0 Å². The van der Waals surface area contributed by atoms with Crippen LogP contribution in [0.4, 0.5) is 0 Å². The number of hydrogen-bond donors (Lipinski definition) is 0. The molecule has 0 amide bonds. The summed E-state index contributed by atoms with van der Waals surface area (Å²) in [7, 11) is 1.68. The van der Waals surface area contributed by atoms with Gasteiger partial charge in [0, 0.05) is 10.7 Å². The Morgan fingerprint density at radius 2 is 1.60 bits per heavy atom. The molecule has 20 heavy (non-hydrogen) atoms. The molecule has 0 radical (unpaired) electrons. The van der Waals surface area contributed by atoms with Gasteiger partial charge in [-0.2, -0.15) is 0 Å². The van der Waals surface area contributed by atoms with Gasteiger partial charge in [0.05, 0.1) is 11.5 Å². The van der Waals surface area contributed by atoms with E-state index in [0.717, 1.165) is 23.3 Å². The van der Waals surface area contributed by atoms with Gasteiger partial charge in [0.15, 0.2) is 0 Å². The van der Waals surface area contributed by atoms with E-state index in [1.165, 1.54) is 25.7 Å². The van der Waals surface area contributed by atoms with E-state index in [-0.39, 0.29) is 4.90 Å². The first kappa shape index (κ1) is 17.3. The highest BCUT2D eigenvalue weighted by atomic mass is 35.7. The van der Waals surface area contributed by atoms with Crippen molar-refractivity contribution in [3.63, 3.8) is 0 Å². The Balaban J connectivity index is 2.63. The van der Waals surface area contributed by atoms with E-state index in [9.17, 15) is 8.42 Å². The molecule has 0 aromatic heterocycles. The van der Waals surface area contributed by atoms with Crippen LogP contribution in [0.3, 0.4) is 0 Å². The second-order valence-corrected chi connectivity index (χ2v) is 7.65. The van der Waals surface area contributed by atoms with Crippen LogP contribution in [0.25, 0.3) is 0 Å². The molecule has 0 N–H and O–H groups in total. The molecule has 1 rings (SSSR count). The van der Waals surface area contributed by atoms with Gasteiger partial charge in [-0.05, 0) is 43.5 Å². The molecule has 0 saturated carbocycles. The number of ether oxygens (including phenoxy) is 1. The number of aryl methyl sites for hydroxylation is 2. The lowest BCUT2D eigenvalue weighted by molar-refractivity contribution is 0.300. The highest BCUT2D eigenvalue weighted by Gasteiger charge is 2.14. The third kappa shape index (κ3) is 5.33. The summed E-state index contributed by atoms with van der Waals surface area (Å²) in [6, 6.07) is 3.11. The third-order valence-corrected chi connectivity index (χ3v) is 4.54. The van der Waals surface area contributed by atoms with Crippen molar-refractivity contribution < 1.29 is 13.2 Å². The van der Waals surface area contributed by atoms with Crippen LogP contribution < -0.4 is 4.74 Å². The maximum absolute atomic E-state index is 11.3. The van der Waals surface area contributed by atoms with Crippen LogP contribution in [0, 0.1) is 13.8 Å². The Hall–Kier alpha value is -0.740. The van der Waals surface area contributed by atoms with E-state index in [4.69, 9.17) is 15.4 Å². The molecule has 3 nitrogen and oxygen atoms in total. The number of rotatable bonds is 8. The highest BCUT2D eigenvalue weighted by Crippen LogP contribution is 2.28. The van der Waals surface area contributed by atoms with Crippen LogP contribution >= 0.6 is 10.7 Å². The lowest BCUT2D eigenvalue weighted by Gasteiger charge is -2.13. The molecule has 0 bridgehead atoms. The molecule has 0 saturated heterocycles. The Labute approximate surface area is 126 Å². The van der Waals surface area contributed by atoms with E-state index in [1.54, 1.807) is 12.1 Å². The summed E-state index contributed by atoms with van der Waals surface area (Å²) in [6.07, 6.45) is 5.92. The summed E-state index contributed by atoms with van der Waals surface area (Å²) >= 11 is 0.